The number of nitrogens with two attached hydrogens (primary N) is 1. The molecule has 0 bridgehead atoms. The highest BCUT2D eigenvalue weighted by Gasteiger charge is 2.26. The van der Waals surface area contributed by atoms with Crippen LogP contribution in [-0.2, 0) is 16.6 Å². The summed E-state index contributed by atoms with van der Waals surface area (Å²) in [5.74, 6) is 0.341. The topological polar surface area (TPSA) is 87.8 Å². The Morgan fingerprint density at radius 3 is 2.55 bits per heavy atom. The molecule has 3 N–H and O–H groups in total. The summed E-state index contributed by atoms with van der Waals surface area (Å²) in [5.41, 5.74) is 6.58. The minimum atomic E-state index is -3.35. The molecule has 0 aliphatic carbocycles. The van der Waals surface area contributed by atoms with E-state index in [1.807, 2.05) is 0 Å². The Bertz CT molecular complexity index is 632. The lowest BCUT2D eigenvalue weighted by molar-refractivity contribution is 0.477. The van der Waals surface area contributed by atoms with Gasteiger partial charge in [-0.3, -0.25) is 0 Å². The molecule has 0 atom stereocenters. The van der Waals surface area contributed by atoms with E-state index in [1.54, 1.807) is 30.3 Å². The molecule has 0 unspecified atom stereocenters. The predicted octanol–water partition coefficient (Wildman–Crippen LogP) is 1.06. The summed E-state index contributed by atoms with van der Waals surface area (Å²) in [4.78, 5) is 4.51. The van der Waals surface area contributed by atoms with E-state index in [-0.39, 0.29) is 0 Å². The monoisotopic (exact) mass is 322 g/mol. The van der Waals surface area contributed by atoms with Crippen LogP contribution in [0.3, 0.4) is 0 Å². The second kappa shape index (κ2) is 7.42. The molecule has 6 nitrogen and oxygen atoms in total. The first-order valence-corrected chi connectivity index (χ1v) is 8.72. The molecule has 22 heavy (non-hydrogen) atoms. The van der Waals surface area contributed by atoms with Crippen molar-refractivity contribution in [2.45, 2.75) is 24.3 Å². The Morgan fingerprint density at radius 1 is 1.32 bits per heavy atom. The van der Waals surface area contributed by atoms with Crippen LogP contribution in [0.25, 0.3) is 0 Å². The quantitative estimate of drug-likeness (QED) is 0.466. The molecular formula is C15H22N4O2S. The molecule has 2 rings (SSSR count). The Labute approximate surface area is 131 Å². The molecule has 0 aromatic heterocycles. The third kappa shape index (κ3) is 4.08. The van der Waals surface area contributed by atoms with Gasteiger partial charge in [0.25, 0.3) is 0 Å². The van der Waals surface area contributed by atoms with Gasteiger partial charge in [-0.25, -0.2) is 13.4 Å². The number of benzene rings is 1. The second-order valence-corrected chi connectivity index (χ2v) is 7.06. The van der Waals surface area contributed by atoms with Gasteiger partial charge in [-0.2, -0.15) is 4.31 Å². The van der Waals surface area contributed by atoms with Gasteiger partial charge in [-0.1, -0.05) is 18.2 Å². The summed E-state index contributed by atoms with van der Waals surface area (Å²) in [6.07, 6.45) is 3.56. The molecule has 0 spiro atoms. The highest BCUT2D eigenvalue weighted by molar-refractivity contribution is 7.89. The lowest BCUT2D eigenvalue weighted by atomic mass is 10.2. The third-order valence-electron chi connectivity index (χ3n) is 3.49. The van der Waals surface area contributed by atoms with Crippen LogP contribution in [0, 0.1) is 0 Å². The number of hydrogen-bond acceptors (Lipinski definition) is 3. The molecule has 1 aromatic rings. The third-order valence-corrected chi connectivity index (χ3v) is 5.40. The van der Waals surface area contributed by atoms with E-state index in [0.29, 0.717) is 37.0 Å². The summed E-state index contributed by atoms with van der Waals surface area (Å²) in [6.45, 7) is 5.76. The molecule has 1 fully saturated rings. The highest BCUT2D eigenvalue weighted by atomic mass is 32.2. The molecule has 1 heterocycles. The zero-order valence-corrected chi connectivity index (χ0v) is 13.3. The second-order valence-electron chi connectivity index (χ2n) is 5.13. The largest absolute Gasteiger partial charge is 0.370 e. The van der Waals surface area contributed by atoms with E-state index in [9.17, 15) is 8.42 Å². The Morgan fingerprint density at radius 2 is 1.95 bits per heavy atom. The predicted molar refractivity (Wildman–Crippen MR) is 88.0 cm³/mol. The SMILES string of the molecule is C=CCNC(N)=NCc1ccc(S(=O)(=O)N2CCCC2)cc1. The molecule has 1 aliphatic rings. The maximum atomic E-state index is 12.4. The standard InChI is InChI=1S/C15H22N4O2S/c1-2-9-17-15(16)18-12-13-5-7-14(8-6-13)22(20,21)19-10-3-4-11-19/h2,5-8H,1,3-4,9-12H2,(H3,16,17,18). The summed E-state index contributed by atoms with van der Waals surface area (Å²) < 4.78 is 26.3. The average molecular weight is 322 g/mol. The van der Waals surface area contributed by atoms with Crippen molar-refractivity contribution in [1.29, 1.82) is 0 Å². The van der Waals surface area contributed by atoms with Crippen LogP contribution < -0.4 is 11.1 Å². The van der Waals surface area contributed by atoms with Crippen molar-refractivity contribution in [3.8, 4) is 0 Å². The van der Waals surface area contributed by atoms with Crippen LogP contribution in [0.2, 0.25) is 0 Å². The smallest absolute Gasteiger partial charge is 0.243 e. The van der Waals surface area contributed by atoms with Gasteiger partial charge < -0.3 is 11.1 Å². The lowest BCUT2D eigenvalue weighted by Crippen LogP contribution is -2.31. The Hall–Kier alpha value is -1.86. The highest BCUT2D eigenvalue weighted by Crippen LogP contribution is 2.21. The number of guanidine groups is 1. The van der Waals surface area contributed by atoms with E-state index < -0.39 is 10.0 Å². The van der Waals surface area contributed by atoms with Crippen LogP contribution in [0.1, 0.15) is 18.4 Å². The molecule has 1 saturated heterocycles. The first kappa shape index (κ1) is 16.5. The Balaban J connectivity index is 2.02. The fourth-order valence-corrected chi connectivity index (χ4v) is 3.77. The minimum absolute atomic E-state index is 0.333. The van der Waals surface area contributed by atoms with Gasteiger partial charge >= 0.3 is 0 Å². The van der Waals surface area contributed by atoms with Crippen LogP contribution in [0.4, 0.5) is 0 Å². The van der Waals surface area contributed by atoms with Crippen LogP contribution in [0.5, 0.6) is 0 Å². The molecule has 1 aromatic carbocycles. The zero-order chi connectivity index (χ0) is 16.0. The van der Waals surface area contributed by atoms with Gasteiger partial charge in [0.2, 0.25) is 10.0 Å². The summed E-state index contributed by atoms with van der Waals surface area (Å²) >= 11 is 0. The molecule has 1 aliphatic heterocycles. The lowest BCUT2D eigenvalue weighted by Gasteiger charge is -2.15. The van der Waals surface area contributed by atoms with Crippen LogP contribution in [0.15, 0.2) is 46.8 Å². The van der Waals surface area contributed by atoms with Crippen molar-refractivity contribution in [3.63, 3.8) is 0 Å². The van der Waals surface area contributed by atoms with Gasteiger partial charge in [0.15, 0.2) is 5.96 Å². The molecular weight excluding hydrogens is 300 g/mol. The van der Waals surface area contributed by atoms with Crippen LogP contribution in [-0.4, -0.2) is 38.3 Å². The van der Waals surface area contributed by atoms with Gasteiger partial charge in [0, 0.05) is 19.6 Å². The van der Waals surface area contributed by atoms with E-state index in [2.05, 4.69) is 16.9 Å². The number of rotatable bonds is 6. The summed E-state index contributed by atoms with van der Waals surface area (Å²) in [6, 6.07) is 6.80. The van der Waals surface area contributed by atoms with E-state index in [4.69, 9.17) is 5.73 Å². The van der Waals surface area contributed by atoms with Crippen molar-refractivity contribution < 1.29 is 8.42 Å². The van der Waals surface area contributed by atoms with Crippen molar-refractivity contribution in [1.82, 2.24) is 9.62 Å². The average Bonchev–Trinajstić information content (AvgIpc) is 3.06. The molecule has 0 amide bonds. The molecule has 0 saturated carbocycles. The van der Waals surface area contributed by atoms with E-state index in [0.717, 1.165) is 18.4 Å². The van der Waals surface area contributed by atoms with Crippen molar-refractivity contribution in [2.24, 2.45) is 10.7 Å². The van der Waals surface area contributed by atoms with Gasteiger partial charge in [-0.05, 0) is 30.5 Å². The maximum absolute atomic E-state index is 12.4. The minimum Gasteiger partial charge on any atom is -0.370 e. The van der Waals surface area contributed by atoms with Crippen molar-refractivity contribution >= 4 is 16.0 Å². The number of nitrogens with one attached hydrogen (secondary N) is 1. The molecule has 0 radical (unpaired) electrons. The zero-order valence-electron chi connectivity index (χ0n) is 12.5. The summed E-state index contributed by atoms with van der Waals surface area (Å²) in [7, 11) is -3.35. The number of aliphatic imine (C=N–C) groups is 1. The fourth-order valence-electron chi connectivity index (χ4n) is 2.25. The molecule has 120 valence electrons. The summed E-state index contributed by atoms with van der Waals surface area (Å²) in [5, 5.41) is 2.88. The fraction of sp³-hybridized carbons (Fsp3) is 0.400. The van der Waals surface area contributed by atoms with E-state index in [1.165, 1.54) is 4.31 Å². The van der Waals surface area contributed by atoms with Crippen LogP contribution >= 0.6 is 0 Å². The van der Waals surface area contributed by atoms with Gasteiger partial charge in [-0.15, -0.1) is 6.58 Å². The number of sulfonamides is 1. The Kier molecular flexibility index (Phi) is 5.57. The normalized spacial score (nSPS) is 16.6. The van der Waals surface area contributed by atoms with Crippen molar-refractivity contribution in [2.75, 3.05) is 19.6 Å². The maximum Gasteiger partial charge on any atom is 0.243 e. The number of hydrogen-bond donors (Lipinski definition) is 2. The molecule has 7 heteroatoms. The first-order valence-electron chi connectivity index (χ1n) is 7.28. The number of nitrogens with zero attached hydrogens (tertiary/aromatic N) is 2. The van der Waals surface area contributed by atoms with Gasteiger partial charge in [0.05, 0.1) is 11.4 Å². The van der Waals surface area contributed by atoms with Gasteiger partial charge in [0.1, 0.15) is 0 Å². The van der Waals surface area contributed by atoms with Crippen molar-refractivity contribution in [3.05, 3.63) is 42.5 Å². The van der Waals surface area contributed by atoms with E-state index >= 15 is 0 Å². The first-order chi connectivity index (χ1) is 10.5.